The van der Waals surface area contributed by atoms with Crippen LogP contribution < -0.4 is 5.32 Å². The van der Waals surface area contributed by atoms with Crippen molar-refractivity contribution in [2.75, 3.05) is 5.32 Å². The van der Waals surface area contributed by atoms with Crippen molar-refractivity contribution in [2.24, 2.45) is 0 Å². The van der Waals surface area contributed by atoms with E-state index in [1.807, 2.05) is 60.7 Å². The highest BCUT2D eigenvalue weighted by atomic mass is 16.1. The lowest BCUT2D eigenvalue weighted by molar-refractivity contribution is -0.111. The summed E-state index contributed by atoms with van der Waals surface area (Å²) >= 11 is 0. The summed E-state index contributed by atoms with van der Waals surface area (Å²) in [6.45, 7) is 0. The molecule has 108 valence electrons. The molecule has 0 atom stereocenters. The summed E-state index contributed by atoms with van der Waals surface area (Å²) in [6.07, 6.45) is 5.01. The second kappa shape index (κ2) is 6.54. The van der Waals surface area contributed by atoms with Crippen LogP contribution in [-0.4, -0.2) is 16.1 Å². The van der Waals surface area contributed by atoms with Crippen LogP contribution in [-0.2, 0) is 4.79 Å². The molecule has 2 aromatic carbocycles. The molecular weight excluding hydrogens is 274 g/mol. The van der Waals surface area contributed by atoms with Gasteiger partial charge in [0.05, 0.1) is 5.69 Å². The van der Waals surface area contributed by atoms with Gasteiger partial charge in [-0.1, -0.05) is 42.5 Å². The maximum absolute atomic E-state index is 12.0. The highest BCUT2D eigenvalue weighted by Crippen LogP contribution is 2.20. The van der Waals surface area contributed by atoms with E-state index in [-0.39, 0.29) is 5.91 Å². The minimum atomic E-state index is -0.161. The number of H-pyrrole nitrogens is 1. The lowest BCUT2D eigenvalue weighted by Gasteiger charge is -2.04. The van der Waals surface area contributed by atoms with Gasteiger partial charge in [0.25, 0.3) is 0 Å². The second-order valence-electron chi connectivity index (χ2n) is 4.78. The average Bonchev–Trinajstić information content (AvgIpc) is 3.09. The predicted octanol–water partition coefficient (Wildman–Crippen LogP) is 3.73. The molecule has 0 spiro atoms. The summed E-state index contributed by atoms with van der Waals surface area (Å²) in [5.74, 6) is -0.161. The summed E-state index contributed by atoms with van der Waals surface area (Å²) in [5.41, 5.74) is 3.62. The van der Waals surface area contributed by atoms with Gasteiger partial charge in [-0.15, -0.1) is 0 Å². The number of hydrogen-bond acceptors (Lipinski definition) is 2. The van der Waals surface area contributed by atoms with Gasteiger partial charge >= 0.3 is 0 Å². The minimum Gasteiger partial charge on any atom is -0.322 e. The van der Waals surface area contributed by atoms with Crippen LogP contribution in [0.2, 0.25) is 0 Å². The van der Waals surface area contributed by atoms with Gasteiger partial charge in [0.15, 0.2) is 0 Å². The van der Waals surface area contributed by atoms with Crippen LogP contribution in [0.25, 0.3) is 17.3 Å². The number of rotatable bonds is 4. The van der Waals surface area contributed by atoms with Crippen LogP contribution in [0.1, 0.15) is 5.56 Å². The number of benzene rings is 2. The van der Waals surface area contributed by atoms with E-state index in [0.29, 0.717) is 0 Å². The van der Waals surface area contributed by atoms with E-state index in [4.69, 9.17) is 0 Å². The van der Waals surface area contributed by atoms with E-state index in [0.717, 1.165) is 22.5 Å². The van der Waals surface area contributed by atoms with Crippen molar-refractivity contribution in [1.29, 1.82) is 0 Å². The first-order chi connectivity index (χ1) is 10.8. The fraction of sp³-hybridized carbons (Fsp3) is 0. The molecular formula is C18H15N3O. The number of aromatic nitrogens is 2. The number of hydrogen-bond donors (Lipinski definition) is 2. The molecule has 0 radical (unpaired) electrons. The van der Waals surface area contributed by atoms with Crippen LogP contribution in [0.5, 0.6) is 0 Å². The molecule has 3 rings (SSSR count). The average molecular weight is 289 g/mol. The Kier molecular flexibility index (Phi) is 4.11. The van der Waals surface area contributed by atoms with Gasteiger partial charge < -0.3 is 5.32 Å². The second-order valence-corrected chi connectivity index (χ2v) is 4.78. The molecule has 0 fully saturated rings. The van der Waals surface area contributed by atoms with E-state index >= 15 is 0 Å². The van der Waals surface area contributed by atoms with Gasteiger partial charge in [0, 0.05) is 23.5 Å². The van der Waals surface area contributed by atoms with Crippen molar-refractivity contribution in [3.8, 4) is 11.3 Å². The lowest BCUT2D eigenvalue weighted by atomic mass is 10.1. The number of nitrogens with one attached hydrogen (secondary N) is 2. The van der Waals surface area contributed by atoms with Crippen molar-refractivity contribution >= 4 is 17.7 Å². The van der Waals surface area contributed by atoms with Crippen molar-refractivity contribution in [3.63, 3.8) is 0 Å². The van der Waals surface area contributed by atoms with Gasteiger partial charge in [-0.2, -0.15) is 5.10 Å². The number of carbonyl (C=O) groups is 1. The monoisotopic (exact) mass is 289 g/mol. The van der Waals surface area contributed by atoms with Crippen LogP contribution in [0.15, 0.2) is 72.9 Å². The van der Waals surface area contributed by atoms with E-state index in [1.165, 1.54) is 6.08 Å². The molecule has 0 unspecified atom stereocenters. The van der Waals surface area contributed by atoms with Crippen LogP contribution >= 0.6 is 0 Å². The van der Waals surface area contributed by atoms with Gasteiger partial charge in [-0.3, -0.25) is 9.89 Å². The summed E-state index contributed by atoms with van der Waals surface area (Å²) in [6, 6.07) is 19.2. The van der Waals surface area contributed by atoms with Gasteiger partial charge in [0.1, 0.15) is 0 Å². The summed E-state index contributed by atoms with van der Waals surface area (Å²) in [5, 5.41) is 9.69. The number of nitrogens with zero attached hydrogens (tertiary/aromatic N) is 1. The van der Waals surface area contributed by atoms with E-state index in [2.05, 4.69) is 15.5 Å². The van der Waals surface area contributed by atoms with Crippen LogP contribution in [0.3, 0.4) is 0 Å². The zero-order chi connectivity index (χ0) is 15.2. The molecule has 0 saturated carbocycles. The fourth-order valence-corrected chi connectivity index (χ4v) is 2.10. The maximum atomic E-state index is 12.0. The van der Waals surface area contributed by atoms with E-state index in [9.17, 15) is 4.79 Å². The smallest absolute Gasteiger partial charge is 0.248 e. The number of amides is 1. The highest BCUT2D eigenvalue weighted by Gasteiger charge is 2.02. The minimum absolute atomic E-state index is 0.161. The van der Waals surface area contributed by atoms with E-state index < -0.39 is 0 Å². The number of aromatic amines is 1. The topological polar surface area (TPSA) is 57.8 Å². The molecule has 1 heterocycles. The third kappa shape index (κ3) is 3.49. The third-order valence-electron chi connectivity index (χ3n) is 3.17. The Labute approximate surface area is 128 Å². The number of anilines is 1. The van der Waals surface area contributed by atoms with Gasteiger partial charge in [-0.25, -0.2) is 0 Å². The fourth-order valence-electron chi connectivity index (χ4n) is 2.10. The van der Waals surface area contributed by atoms with Crippen molar-refractivity contribution in [1.82, 2.24) is 10.2 Å². The van der Waals surface area contributed by atoms with Crippen molar-refractivity contribution in [2.45, 2.75) is 0 Å². The Balaban J connectivity index is 1.69. The van der Waals surface area contributed by atoms with Crippen LogP contribution in [0, 0.1) is 0 Å². The quantitative estimate of drug-likeness (QED) is 0.719. The Morgan fingerprint density at radius 3 is 2.68 bits per heavy atom. The summed E-state index contributed by atoms with van der Waals surface area (Å²) in [7, 11) is 0. The van der Waals surface area contributed by atoms with Crippen LogP contribution in [0.4, 0.5) is 5.69 Å². The van der Waals surface area contributed by atoms with E-state index in [1.54, 1.807) is 12.3 Å². The van der Waals surface area contributed by atoms with Gasteiger partial charge in [-0.05, 0) is 29.8 Å². The van der Waals surface area contributed by atoms with Crippen molar-refractivity contribution in [3.05, 3.63) is 78.5 Å². The maximum Gasteiger partial charge on any atom is 0.248 e. The normalized spacial score (nSPS) is 10.7. The first kappa shape index (κ1) is 13.8. The predicted molar refractivity (Wildman–Crippen MR) is 88.1 cm³/mol. The highest BCUT2D eigenvalue weighted by molar-refractivity contribution is 6.02. The standard InChI is InChI=1S/C18H15N3O/c22-18(10-9-14-5-2-1-3-6-14)20-16-8-4-7-15(13-16)17-11-12-19-21-17/h1-13H,(H,19,21)(H,20,22)/b10-9+. The molecule has 1 amide bonds. The Morgan fingerprint density at radius 2 is 1.91 bits per heavy atom. The molecule has 22 heavy (non-hydrogen) atoms. The summed E-state index contributed by atoms with van der Waals surface area (Å²) < 4.78 is 0. The summed E-state index contributed by atoms with van der Waals surface area (Å²) in [4.78, 5) is 12.0. The SMILES string of the molecule is O=C(/C=C/c1ccccc1)Nc1cccc(-c2ccn[nH]2)c1. The molecule has 0 saturated heterocycles. The Morgan fingerprint density at radius 1 is 1.05 bits per heavy atom. The molecule has 1 aromatic heterocycles. The Bertz CT molecular complexity index is 777. The lowest BCUT2D eigenvalue weighted by Crippen LogP contribution is -2.07. The zero-order valence-corrected chi connectivity index (χ0v) is 11.9. The molecule has 0 aliphatic carbocycles. The number of carbonyl (C=O) groups excluding carboxylic acids is 1. The zero-order valence-electron chi connectivity index (χ0n) is 11.9. The third-order valence-corrected chi connectivity index (χ3v) is 3.17. The Hall–Kier alpha value is -3.14. The molecule has 0 aliphatic heterocycles. The molecule has 4 heteroatoms. The molecule has 0 aliphatic rings. The van der Waals surface area contributed by atoms with Crippen molar-refractivity contribution < 1.29 is 4.79 Å². The van der Waals surface area contributed by atoms with Gasteiger partial charge in [0.2, 0.25) is 5.91 Å². The first-order valence-electron chi connectivity index (χ1n) is 6.95. The molecule has 4 nitrogen and oxygen atoms in total. The first-order valence-corrected chi connectivity index (χ1v) is 6.95. The largest absolute Gasteiger partial charge is 0.322 e. The molecule has 3 aromatic rings. The molecule has 0 bridgehead atoms. The molecule has 2 N–H and O–H groups in total.